The molecule has 0 radical (unpaired) electrons. The standard InChI is InChI=1S/C18H18N4/c19-10-13-11-22(12-13)18-15-8-4-5-9-16(15)20-21-17(18)14-6-2-1-3-7-14/h1-9,13H,10-12,19H2. The Morgan fingerprint density at radius 2 is 1.68 bits per heavy atom. The van der Waals surface area contributed by atoms with Gasteiger partial charge in [0.15, 0.2) is 0 Å². The smallest absolute Gasteiger partial charge is 0.117 e. The molecule has 2 heterocycles. The Labute approximate surface area is 129 Å². The highest BCUT2D eigenvalue weighted by atomic mass is 15.2. The van der Waals surface area contributed by atoms with E-state index in [4.69, 9.17) is 5.73 Å². The van der Waals surface area contributed by atoms with Gasteiger partial charge in [-0.15, -0.1) is 10.2 Å². The summed E-state index contributed by atoms with van der Waals surface area (Å²) in [5.74, 6) is 0.579. The minimum atomic E-state index is 0.579. The van der Waals surface area contributed by atoms with Gasteiger partial charge in [0.25, 0.3) is 0 Å². The van der Waals surface area contributed by atoms with Gasteiger partial charge in [0, 0.05) is 30.0 Å². The fraction of sp³-hybridized carbons (Fsp3) is 0.222. The van der Waals surface area contributed by atoms with Crippen molar-refractivity contribution < 1.29 is 0 Å². The van der Waals surface area contributed by atoms with Gasteiger partial charge in [-0.3, -0.25) is 0 Å². The zero-order valence-electron chi connectivity index (χ0n) is 12.3. The maximum atomic E-state index is 5.78. The minimum absolute atomic E-state index is 0.579. The number of rotatable bonds is 3. The highest BCUT2D eigenvalue weighted by molar-refractivity contribution is 5.98. The van der Waals surface area contributed by atoms with Crippen molar-refractivity contribution in [1.82, 2.24) is 10.2 Å². The Bertz CT molecular complexity index is 795. The number of hydrogen-bond donors (Lipinski definition) is 1. The third-order valence-electron chi connectivity index (χ3n) is 4.30. The molecule has 0 amide bonds. The molecule has 1 fully saturated rings. The second kappa shape index (κ2) is 5.39. The van der Waals surface area contributed by atoms with Crippen molar-refractivity contribution in [1.29, 1.82) is 0 Å². The van der Waals surface area contributed by atoms with E-state index in [0.717, 1.165) is 41.8 Å². The Morgan fingerprint density at radius 3 is 2.45 bits per heavy atom. The van der Waals surface area contributed by atoms with E-state index < -0.39 is 0 Å². The molecule has 0 unspecified atom stereocenters. The topological polar surface area (TPSA) is 55.0 Å². The van der Waals surface area contributed by atoms with Gasteiger partial charge < -0.3 is 10.6 Å². The van der Waals surface area contributed by atoms with Crippen LogP contribution in [0, 0.1) is 5.92 Å². The number of hydrogen-bond acceptors (Lipinski definition) is 4. The first-order valence-electron chi connectivity index (χ1n) is 7.62. The number of fused-ring (bicyclic) bond motifs is 1. The van der Waals surface area contributed by atoms with Crippen LogP contribution in [-0.2, 0) is 0 Å². The van der Waals surface area contributed by atoms with Crippen molar-refractivity contribution in [2.45, 2.75) is 0 Å². The molecule has 0 bridgehead atoms. The van der Waals surface area contributed by atoms with Crippen LogP contribution in [0.1, 0.15) is 0 Å². The first-order chi connectivity index (χ1) is 10.9. The summed E-state index contributed by atoms with van der Waals surface area (Å²) >= 11 is 0. The molecule has 3 aromatic rings. The molecule has 0 saturated carbocycles. The summed E-state index contributed by atoms with van der Waals surface area (Å²) in [6.45, 7) is 2.73. The molecular weight excluding hydrogens is 272 g/mol. The second-order valence-corrected chi connectivity index (χ2v) is 5.79. The molecule has 0 aliphatic carbocycles. The van der Waals surface area contributed by atoms with Crippen LogP contribution in [0.2, 0.25) is 0 Å². The molecule has 4 heteroatoms. The summed E-state index contributed by atoms with van der Waals surface area (Å²) in [5, 5.41) is 10.1. The van der Waals surface area contributed by atoms with Crippen molar-refractivity contribution in [2.24, 2.45) is 11.7 Å². The van der Waals surface area contributed by atoms with Crippen LogP contribution >= 0.6 is 0 Å². The maximum absolute atomic E-state index is 5.78. The Kier molecular flexibility index (Phi) is 3.24. The van der Waals surface area contributed by atoms with Crippen LogP contribution in [0.5, 0.6) is 0 Å². The Morgan fingerprint density at radius 1 is 0.955 bits per heavy atom. The molecule has 0 atom stereocenters. The molecule has 4 nitrogen and oxygen atoms in total. The van der Waals surface area contributed by atoms with E-state index in [-0.39, 0.29) is 0 Å². The summed E-state index contributed by atoms with van der Waals surface area (Å²) in [4.78, 5) is 2.37. The molecular formula is C18H18N4. The largest absolute Gasteiger partial charge is 0.368 e. The van der Waals surface area contributed by atoms with E-state index >= 15 is 0 Å². The van der Waals surface area contributed by atoms with Gasteiger partial charge in [-0.1, -0.05) is 48.5 Å². The highest BCUT2D eigenvalue weighted by Crippen LogP contribution is 2.37. The normalized spacial score (nSPS) is 15.0. The van der Waals surface area contributed by atoms with Gasteiger partial charge in [0.2, 0.25) is 0 Å². The zero-order chi connectivity index (χ0) is 14.9. The summed E-state index contributed by atoms with van der Waals surface area (Å²) < 4.78 is 0. The monoisotopic (exact) mass is 290 g/mol. The van der Waals surface area contributed by atoms with Crippen LogP contribution in [0.3, 0.4) is 0 Å². The zero-order valence-corrected chi connectivity index (χ0v) is 12.3. The van der Waals surface area contributed by atoms with Crippen molar-refractivity contribution in [3.8, 4) is 11.3 Å². The molecule has 4 rings (SSSR count). The average Bonchev–Trinajstić information content (AvgIpc) is 2.55. The van der Waals surface area contributed by atoms with Gasteiger partial charge in [-0.2, -0.15) is 0 Å². The highest BCUT2D eigenvalue weighted by Gasteiger charge is 2.29. The lowest BCUT2D eigenvalue weighted by molar-refractivity contribution is 0.421. The van der Waals surface area contributed by atoms with Crippen LogP contribution < -0.4 is 10.6 Å². The molecule has 2 aromatic carbocycles. The van der Waals surface area contributed by atoms with Crippen LogP contribution in [0.25, 0.3) is 22.2 Å². The summed E-state index contributed by atoms with van der Waals surface area (Å²) in [5.41, 5.74) is 9.96. The second-order valence-electron chi connectivity index (χ2n) is 5.79. The van der Waals surface area contributed by atoms with Crippen molar-refractivity contribution >= 4 is 16.6 Å². The van der Waals surface area contributed by atoms with E-state index in [1.807, 2.05) is 30.3 Å². The van der Waals surface area contributed by atoms with Crippen molar-refractivity contribution in [3.63, 3.8) is 0 Å². The number of anilines is 1. The van der Waals surface area contributed by atoms with Crippen LogP contribution in [-0.4, -0.2) is 29.8 Å². The van der Waals surface area contributed by atoms with E-state index in [9.17, 15) is 0 Å². The molecule has 0 spiro atoms. The molecule has 1 aliphatic rings. The SMILES string of the molecule is NCC1CN(c2c(-c3ccccc3)nnc3ccccc23)C1. The maximum Gasteiger partial charge on any atom is 0.117 e. The van der Waals surface area contributed by atoms with Gasteiger partial charge in [0.05, 0.1) is 11.2 Å². The van der Waals surface area contributed by atoms with Crippen LogP contribution in [0.15, 0.2) is 54.6 Å². The fourth-order valence-corrected chi connectivity index (χ4v) is 3.05. The van der Waals surface area contributed by atoms with E-state index in [1.54, 1.807) is 0 Å². The third-order valence-corrected chi connectivity index (χ3v) is 4.30. The number of nitrogens with zero attached hydrogens (tertiary/aromatic N) is 3. The van der Waals surface area contributed by atoms with Gasteiger partial charge in [-0.05, 0) is 12.6 Å². The number of nitrogens with two attached hydrogens (primary N) is 1. The molecule has 1 aromatic heterocycles. The number of benzene rings is 2. The molecule has 1 aliphatic heterocycles. The lowest BCUT2D eigenvalue weighted by atomic mass is 9.96. The molecule has 22 heavy (non-hydrogen) atoms. The molecule has 1 saturated heterocycles. The lowest BCUT2D eigenvalue weighted by Crippen LogP contribution is -2.50. The van der Waals surface area contributed by atoms with E-state index in [2.05, 4.69) is 39.4 Å². The third kappa shape index (κ3) is 2.12. The van der Waals surface area contributed by atoms with Crippen LogP contribution in [0.4, 0.5) is 5.69 Å². The fourth-order valence-electron chi connectivity index (χ4n) is 3.05. The summed E-state index contributed by atoms with van der Waals surface area (Å²) in [7, 11) is 0. The van der Waals surface area contributed by atoms with E-state index in [0.29, 0.717) is 5.92 Å². The average molecular weight is 290 g/mol. The number of aromatic nitrogens is 2. The predicted molar refractivity (Wildman–Crippen MR) is 89.7 cm³/mol. The van der Waals surface area contributed by atoms with Gasteiger partial charge in [-0.25, -0.2) is 0 Å². The first kappa shape index (κ1) is 13.2. The molecule has 110 valence electrons. The molecule has 2 N–H and O–H groups in total. The van der Waals surface area contributed by atoms with Gasteiger partial charge >= 0.3 is 0 Å². The summed E-state index contributed by atoms with van der Waals surface area (Å²) in [6, 6.07) is 18.5. The Balaban J connectivity index is 1.89. The first-order valence-corrected chi connectivity index (χ1v) is 7.62. The Hall–Kier alpha value is -2.46. The van der Waals surface area contributed by atoms with Crippen molar-refractivity contribution in [3.05, 3.63) is 54.6 Å². The lowest BCUT2D eigenvalue weighted by Gasteiger charge is -2.41. The van der Waals surface area contributed by atoms with Crippen molar-refractivity contribution in [2.75, 3.05) is 24.5 Å². The quantitative estimate of drug-likeness (QED) is 0.806. The van der Waals surface area contributed by atoms with E-state index in [1.165, 1.54) is 5.69 Å². The van der Waals surface area contributed by atoms with Gasteiger partial charge in [0.1, 0.15) is 5.69 Å². The minimum Gasteiger partial charge on any atom is -0.368 e. The summed E-state index contributed by atoms with van der Waals surface area (Å²) in [6.07, 6.45) is 0. The predicted octanol–water partition coefficient (Wildman–Crippen LogP) is 2.69.